The Labute approximate surface area is 190 Å². The summed E-state index contributed by atoms with van der Waals surface area (Å²) >= 11 is 0. The van der Waals surface area contributed by atoms with E-state index >= 15 is 0 Å². The molecule has 1 aliphatic heterocycles. The van der Waals surface area contributed by atoms with Crippen LogP contribution in [0, 0.1) is 10.1 Å². The summed E-state index contributed by atoms with van der Waals surface area (Å²) in [6.07, 6.45) is 1.46. The summed E-state index contributed by atoms with van der Waals surface area (Å²) in [5, 5.41) is 16.6. The lowest BCUT2D eigenvalue weighted by Gasteiger charge is -2.31. The largest absolute Gasteiger partial charge is 0.465 e. The molecule has 0 bridgehead atoms. The van der Waals surface area contributed by atoms with E-state index in [2.05, 4.69) is 15.4 Å². The SMILES string of the molecule is CCOC(=O)N1CCC(NC(=O)CCCNC(=O)c2cc(C(=O)OC)cc([N+](=O)[O-])c2)CC1. The lowest BCUT2D eigenvalue weighted by atomic mass is 10.1. The van der Waals surface area contributed by atoms with Crippen LogP contribution >= 0.6 is 0 Å². The van der Waals surface area contributed by atoms with Gasteiger partial charge in [0.25, 0.3) is 11.6 Å². The first kappa shape index (κ1) is 25.6. The molecule has 0 aromatic heterocycles. The Bertz CT molecular complexity index is 896. The Hall–Kier alpha value is -3.70. The van der Waals surface area contributed by atoms with Crippen molar-refractivity contribution in [2.75, 3.05) is 33.4 Å². The third-order valence-electron chi connectivity index (χ3n) is 5.06. The fourth-order valence-electron chi connectivity index (χ4n) is 3.36. The molecule has 3 amide bonds. The number of nitrogens with one attached hydrogen (secondary N) is 2. The molecular weight excluding hydrogens is 436 g/mol. The quantitative estimate of drug-likeness (QED) is 0.242. The third-order valence-corrected chi connectivity index (χ3v) is 5.06. The van der Waals surface area contributed by atoms with Gasteiger partial charge in [-0.05, 0) is 32.3 Å². The van der Waals surface area contributed by atoms with Crippen molar-refractivity contribution in [2.45, 2.75) is 38.6 Å². The normalized spacial score (nSPS) is 13.7. The molecule has 1 heterocycles. The van der Waals surface area contributed by atoms with Gasteiger partial charge in [-0.2, -0.15) is 0 Å². The summed E-state index contributed by atoms with van der Waals surface area (Å²) < 4.78 is 9.52. The van der Waals surface area contributed by atoms with Crippen molar-refractivity contribution in [1.82, 2.24) is 15.5 Å². The molecule has 33 heavy (non-hydrogen) atoms. The average Bonchev–Trinajstić information content (AvgIpc) is 2.81. The molecule has 0 unspecified atom stereocenters. The zero-order valence-electron chi connectivity index (χ0n) is 18.6. The molecule has 0 spiro atoms. The minimum Gasteiger partial charge on any atom is -0.465 e. The highest BCUT2D eigenvalue weighted by Gasteiger charge is 2.24. The Morgan fingerprint density at radius 3 is 2.42 bits per heavy atom. The van der Waals surface area contributed by atoms with Crippen molar-refractivity contribution < 1.29 is 33.6 Å². The minimum atomic E-state index is -0.794. The van der Waals surface area contributed by atoms with Crippen LogP contribution in [-0.2, 0) is 14.3 Å². The summed E-state index contributed by atoms with van der Waals surface area (Å²) in [5.41, 5.74) is -0.566. The summed E-state index contributed by atoms with van der Waals surface area (Å²) in [4.78, 5) is 59.9. The van der Waals surface area contributed by atoms with Crippen molar-refractivity contribution in [3.63, 3.8) is 0 Å². The highest BCUT2D eigenvalue weighted by Crippen LogP contribution is 2.18. The van der Waals surface area contributed by atoms with Crippen LogP contribution in [0.25, 0.3) is 0 Å². The van der Waals surface area contributed by atoms with Crippen molar-refractivity contribution in [1.29, 1.82) is 0 Å². The summed E-state index contributed by atoms with van der Waals surface area (Å²) in [5.74, 6) is -1.56. The number of nitro groups is 1. The standard InChI is InChI=1S/C21H28N4O8/c1-3-33-21(29)24-9-6-16(7-10-24)23-18(26)5-4-8-22-19(27)14-11-15(20(28)32-2)13-17(12-14)25(30)31/h11-13,16H,3-10H2,1-2H3,(H,22,27)(H,23,26). The molecule has 1 aromatic rings. The Morgan fingerprint density at radius 2 is 1.82 bits per heavy atom. The van der Waals surface area contributed by atoms with E-state index in [0.29, 0.717) is 39.0 Å². The molecule has 0 radical (unpaired) electrons. The molecule has 1 saturated heterocycles. The molecule has 12 heteroatoms. The number of likely N-dealkylation sites (tertiary alicyclic amines) is 1. The van der Waals surface area contributed by atoms with Gasteiger partial charge in [0.2, 0.25) is 5.91 Å². The number of non-ortho nitro benzene ring substituents is 1. The zero-order chi connectivity index (χ0) is 24.4. The molecular formula is C21H28N4O8. The first-order valence-corrected chi connectivity index (χ1v) is 10.6. The number of esters is 1. The van der Waals surface area contributed by atoms with E-state index in [1.807, 2.05) is 0 Å². The predicted molar refractivity (Wildman–Crippen MR) is 116 cm³/mol. The first-order valence-electron chi connectivity index (χ1n) is 10.6. The van der Waals surface area contributed by atoms with Crippen molar-refractivity contribution in [3.05, 3.63) is 39.4 Å². The van der Waals surface area contributed by atoms with Gasteiger partial charge in [-0.15, -0.1) is 0 Å². The summed E-state index contributed by atoms with van der Waals surface area (Å²) in [6, 6.07) is 3.28. The van der Waals surface area contributed by atoms with Crippen molar-refractivity contribution in [3.8, 4) is 0 Å². The minimum absolute atomic E-state index is 0.0284. The molecule has 0 saturated carbocycles. The number of methoxy groups -OCH3 is 1. The van der Waals surface area contributed by atoms with Crippen molar-refractivity contribution >= 4 is 29.6 Å². The molecule has 2 N–H and O–H groups in total. The van der Waals surface area contributed by atoms with Gasteiger partial charge in [0, 0.05) is 49.8 Å². The van der Waals surface area contributed by atoms with Gasteiger partial charge in [-0.1, -0.05) is 0 Å². The number of ether oxygens (including phenoxy) is 2. The van der Waals surface area contributed by atoms with Crippen LogP contribution in [0.2, 0.25) is 0 Å². The zero-order valence-corrected chi connectivity index (χ0v) is 18.6. The maximum absolute atomic E-state index is 12.3. The number of benzene rings is 1. The second-order valence-electron chi connectivity index (χ2n) is 7.40. The number of nitro benzene ring substituents is 1. The average molecular weight is 464 g/mol. The van der Waals surface area contributed by atoms with Crippen LogP contribution in [0.4, 0.5) is 10.5 Å². The van der Waals surface area contributed by atoms with Gasteiger partial charge in [0.15, 0.2) is 0 Å². The molecule has 12 nitrogen and oxygen atoms in total. The Balaban J connectivity index is 1.76. The second-order valence-corrected chi connectivity index (χ2v) is 7.40. The number of piperidine rings is 1. The van der Waals surface area contributed by atoms with Crippen LogP contribution < -0.4 is 10.6 Å². The number of carbonyl (C=O) groups excluding carboxylic acids is 4. The van der Waals surface area contributed by atoms with Gasteiger partial charge >= 0.3 is 12.1 Å². The Morgan fingerprint density at radius 1 is 1.15 bits per heavy atom. The van der Waals surface area contributed by atoms with E-state index in [0.717, 1.165) is 19.2 Å². The number of nitrogens with zero attached hydrogens (tertiary/aromatic N) is 2. The number of amides is 3. The number of hydrogen-bond donors (Lipinski definition) is 2. The van der Waals surface area contributed by atoms with Gasteiger partial charge in [0.1, 0.15) is 0 Å². The van der Waals surface area contributed by atoms with Crippen LogP contribution in [0.5, 0.6) is 0 Å². The molecule has 0 atom stereocenters. The molecule has 180 valence electrons. The van der Waals surface area contributed by atoms with Crippen LogP contribution in [-0.4, -0.2) is 73.1 Å². The van der Waals surface area contributed by atoms with Crippen LogP contribution in [0.3, 0.4) is 0 Å². The van der Waals surface area contributed by atoms with Gasteiger partial charge in [-0.25, -0.2) is 9.59 Å². The third kappa shape index (κ3) is 7.74. The maximum atomic E-state index is 12.3. The van der Waals surface area contributed by atoms with E-state index in [4.69, 9.17) is 4.74 Å². The smallest absolute Gasteiger partial charge is 0.409 e. The molecule has 0 aliphatic carbocycles. The van der Waals surface area contributed by atoms with Gasteiger partial charge in [0.05, 0.1) is 24.2 Å². The van der Waals surface area contributed by atoms with E-state index < -0.39 is 22.5 Å². The maximum Gasteiger partial charge on any atom is 0.409 e. The number of hydrogen-bond acceptors (Lipinski definition) is 8. The highest BCUT2D eigenvalue weighted by molar-refractivity contribution is 5.99. The molecule has 1 aromatic carbocycles. The highest BCUT2D eigenvalue weighted by atomic mass is 16.6. The fraction of sp³-hybridized carbons (Fsp3) is 0.524. The lowest BCUT2D eigenvalue weighted by Crippen LogP contribution is -2.46. The van der Waals surface area contributed by atoms with Crippen LogP contribution in [0.15, 0.2) is 18.2 Å². The molecule has 1 aliphatic rings. The van der Waals surface area contributed by atoms with E-state index in [1.54, 1.807) is 11.8 Å². The predicted octanol–water partition coefficient (Wildman–Crippen LogP) is 1.63. The Kier molecular flexibility index (Phi) is 9.58. The monoisotopic (exact) mass is 464 g/mol. The summed E-state index contributed by atoms with van der Waals surface area (Å²) in [6.45, 7) is 3.26. The molecule has 1 fully saturated rings. The van der Waals surface area contributed by atoms with E-state index in [-0.39, 0.29) is 42.1 Å². The van der Waals surface area contributed by atoms with Gasteiger partial charge < -0.3 is 25.0 Å². The van der Waals surface area contributed by atoms with Gasteiger partial charge in [-0.3, -0.25) is 19.7 Å². The topological polar surface area (TPSA) is 157 Å². The lowest BCUT2D eigenvalue weighted by molar-refractivity contribution is -0.384. The summed E-state index contributed by atoms with van der Waals surface area (Å²) in [7, 11) is 1.13. The number of carbonyl (C=O) groups is 4. The fourth-order valence-corrected chi connectivity index (χ4v) is 3.36. The number of rotatable bonds is 9. The van der Waals surface area contributed by atoms with Crippen LogP contribution in [0.1, 0.15) is 53.3 Å². The van der Waals surface area contributed by atoms with E-state index in [9.17, 15) is 29.3 Å². The van der Waals surface area contributed by atoms with Crippen molar-refractivity contribution in [2.24, 2.45) is 0 Å². The second kappa shape index (κ2) is 12.4. The first-order chi connectivity index (χ1) is 15.7. The van der Waals surface area contributed by atoms with E-state index in [1.165, 1.54) is 6.07 Å². The molecule has 2 rings (SSSR count).